The van der Waals surface area contributed by atoms with Crippen LogP contribution in [0.2, 0.25) is 0 Å². The average molecular weight is 289 g/mol. The number of hydrogen-bond donors (Lipinski definition) is 1. The smallest absolute Gasteiger partial charge is 0.169 e. The van der Waals surface area contributed by atoms with Crippen LogP contribution in [-0.4, -0.2) is 37.2 Å². The van der Waals surface area contributed by atoms with Crippen LogP contribution in [0.4, 0.5) is 0 Å². The number of furan rings is 1. The van der Waals surface area contributed by atoms with Gasteiger partial charge in [-0.1, -0.05) is 0 Å². The van der Waals surface area contributed by atoms with E-state index in [2.05, 4.69) is 27.8 Å². The molecule has 16 heavy (non-hydrogen) atoms. The van der Waals surface area contributed by atoms with E-state index < -0.39 is 0 Å². The molecule has 0 saturated carbocycles. The van der Waals surface area contributed by atoms with Gasteiger partial charge < -0.3 is 14.9 Å². The molecule has 2 unspecified atom stereocenters. The number of rotatable bonds is 3. The van der Waals surface area contributed by atoms with Crippen LogP contribution in [-0.2, 0) is 4.74 Å². The second kappa shape index (κ2) is 5.31. The van der Waals surface area contributed by atoms with Crippen molar-refractivity contribution in [2.75, 3.05) is 26.2 Å². The highest BCUT2D eigenvalue weighted by Gasteiger charge is 2.25. The fourth-order valence-corrected chi connectivity index (χ4v) is 2.29. The molecule has 5 heteroatoms. The zero-order chi connectivity index (χ0) is 11.5. The van der Waals surface area contributed by atoms with E-state index in [1.165, 1.54) is 0 Å². The minimum absolute atomic E-state index is 0.148. The third-order valence-corrected chi connectivity index (χ3v) is 3.41. The third kappa shape index (κ3) is 2.66. The van der Waals surface area contributed by atoms with Crippen molar-refractivity contribution in [3.63, 3.8) is 0 Å². The number of ether oxygens (including phenoxy) is 1. The lowest BCUT2D eigenvalue weighted by Crippen LogP contribution is -2.46. The zero-order valence-electron chi connectivity index (χ0n) is 9.36. The van der Waals surface area contributed by atoms with E-state index >= 15 is 0 Å². The molecule has 0 aliphatic carbocycles. The van der Waals surface area contributed by atoms with Crippen LogP contribution in [0.3, 0.4) is 0 Å². The minimum atomic E-state index is 0.148. The Morgan fingerprint density at radius 3 is 3.06 bits per heavy atom. The second-order valence-electron chi connectivity index (χ2n) is 4.04. The van der Waals surface area contributed by atoms with Gasteiger partial charge in [-0.05, 0) is 35.0 Å². The highest BCUT2D eigenvalue weighted by Crippen LogP contribution is 2.26. The van der Waals surface area contributed by atoms with Crippen LogP contribution in [0.25, 0.3) is 0 Å². The molecule has 2 N–H and O–H groups in total. The first-order chi connectivity index (χ1) is 7.70. The summed E-state index contributed by atoms with van der Waals surface area (Å²) in [6.07, 6.45) is 0.148. The number of morpholine rings is 1. The van der Waals surface area contributed by atoms with E-state index in [4.69, 9.17) is 14.9 Å². The molecule has 4 nitrogen and oxygen atoms in total. The summed E-state index contributed by atoms with van der Waals surface area (Å²) in [4.78, 5) is 2.34. The lowest BCUT2D eigenvalue weighted by molar-refractivity contribution is -0.0391. The van der Waals surface area contributed by atoms with Crippen molar-refractivity contribution in [2.45, 2.75) is 19.1 Å². The highest BCUT2D eigenvalue weighted by molar-refractivity contribution is 9.10. The molecule has 1 aliphatic heterocycles. The van der Waals surface area contributed by atoms with Crippen molar-refractivity contribution < 1.29 is 9.15 Å². The van der Waals surface area contributed by atoms with E-state index in [1.807, 2.05) is 12.1 Å². The van der Waals surface area contributed by atoms with Gasteiger partial charge in [-0.2, -0.15) is 0 Å². The molecule has 2 heterocycles. The Morgan fingerprint density at radius 1 is 1.62 bits per heavy atom. The standard InChI is InChI=1S/C11H17BrN2O2/c1-8(10-2-3-11(12)16-10)14-4-5-15-9(6-13)7-14/h2-3,8-9H,4-7,13H2,1H3. The van der Waals surface area contributed by atoms with Gasteiger partial charge in [0, 0.05) is 19.6 Å². The highest BCUT2D eigenvalue weighted by atomic mass is 79.9. The van der Waals surface area contributed by atoms with Crippen molar-refractivity contribution in [1.29, 1.82) is 0 Å². The van der Waals surface area contributed by atoms with Crippen molar-refractivity contribution >= 4 is 15.9 Å². The molecule has 0 radical (unpaired) electrons. The Bertz CT molecular complexity index is 342. The summed E-state index contributed by atoms with van der Waals surface area (Å²) in [6, 6.07) is 4.19. The van der Waals surface area contributed by atoms with Gasteiger partial charge in [-0.15, -0.1) is 0 Å². The summed E-state index contributed by atoms with van der Waals surface area (Å²) in [5.41, 5.74) is 5.63. The number of halogens is 1. The van der Waals surface area contributed by atoms with Crippen LogP contribution in [0.1, 0.15) is 18.7 Å². The fourth-order valence-electron chi connectivity index (χ4n) is 1.97. The predicted octanol–water partition coefficient (Wildman–Crippen LogP) is 1.76. The molecule has 2 atom stereocenters. The molecule has 1 aromatic heterocycles. The molecule has 1 saturated heterocycles. The Balaban J connectivity index is 2.01. The van der Waals surface area contributed by atoms with Crippen molar-refractivity contribution in [1.82, 2.24) is 4.90 Å². The van der Waals surface area contributed by atoms with Crippen LogP contribution in [0.15, 0.2) is 21.2 Å². The van der Waals surface area contributed by atoms with Crippen molar-refractivity contribution in [3.8, 4) is 0 Å². The van der Waals surface area contributed by atoms with Gasteiger partial charge in [0.2, 0.25) is 0 Å². The first kappa shape index (κ1) is 12.1. The summed E-state index contributed by atoms with van der Waals surface area (Å²) in [5.74, 6) is 0.976. The molecule has 2 rings (SSSR count). The van der Waals surface area contributed by atoms with Crippen molar-refractivity contribution in [3.05, 3.63) is 22.6 Å². The van der Waals surface area contributed by atoms with Gasteiger partial charge in [-0.3, -0.25) is 4.90 Å². The Kier molecular flexibility index (Phi) is 4.02. The molecular formula is C11H17BrN2O2. The fraction of sp³-hybridized carbons (Fsp3) is 0.636. The Morgan fingerprint density at radius 2 is 2.44 bits per heavy atom. The monoisotopic (exact) mass is 288 g/mol. The predicted molar refractivity (Wildman–Crippen MR) is 65.2 cm³/mol. The van der Waals surface area contributed by atoms with Crippen LogP contribution in [0.5, 0.6) is 0 Å². The van der Waals surface area contributed by atoms with Crippen LogP contribution >= 0.6 is 15.9 Å². The maximum atomic E-state index is 5.63. The first-order valence-corrected chi connectivity index (χ1v) is 6.31. The third-order valence-electron chi connectivity index (χ3n) is 2.99. The Labute approximate surface area is 104 Å². The second-order valence-corrected chi connectivity index (χ2v) is 4.82. The van der Waals surface area contributed by atoms with E-state index in [-0.39, 0.29) is 12.1 Å². The van der Waals surface area contributed by atoms with E-state index in [0.717, 1.165) is 30.1 Å². The average Bonchev–Trinajstić information content (AvgIpc) is 2.75. The van der Waals surface area contributed by atoms with Gasteiger partial charge in [0.05, 0.1) is 18.8 Å². The van der Waals surface area contributed by atoms with Crippen LogP contribution < -0.4 is 5.73 Å². The number of hydrogen-bond acceptors (Lipinski definition) is 4. The van der Waals surface area contributed by atoms with Gasteiger partial charge in [-0.25, -0.2) is 0 Å². The molecule has 0 bridgehead atoms. The maximum Gasteiger partial charge on any atom is 0.169 e. The van der Waals surface area contributed by atoms with Gasteiger partial charge in [0.1, 0.15) is 5.76 Å². The SMILES string of the molecule is CC(c1ccc(Br)o1)N1CCOC(CN)C1. The molecule has 1 fully saturated rings. The summed E-state index contributed by atoms with van der Waals surface area (Å²) < 4.78 is 11.9. The topological polar surface area (TPSA) is 51.6 Å². The van der Waals surface area contributed by atoms with E-state index in [1.54, 1.807) is 0 Å². The summed E-state index contributed by atoms with van der Waals surface area (Å²) in [6.45, 7) is 5.26. The normalized spacial score (nSPS) is 24.6. The minimum Gasteiger partial charge on any atom is -0.453 e. The molecule has 90 valence electrons. The molecule has 1 aliphatic rings. The molecule has 0 aromatic carbocycles. The lowest BCUT2D eigenvalue weighted by Gasteiger charge is -2.35. The van der Waals surface area contributed by atoms with E-state index in [9.17, 15) is 0 Å². The quantitative estimate of drug-likeness (QED) is 0.921. The van der Waals surface area contributed by atoms with Crippen LogP contribution in [0, 0.1) is 0 Å². The Hall–Kier alpha value is -0.360. The molecular weight excluding hydrogens is 272 g/mol. The first-order valence-electron chi connectivity index (χ1n) is 5.51. The van der Waals surface area contributed by atoms with Gasteiger partial charge in [0.25, 0.3) is 0 Å². The lowest BCUT2D eigenvalue weighted by atomic mass is 10.1. The largest absolute Gasteiger partial charge is 0.453 e. The maximum absolute atomic E-state index is 5.63. The number of nitrogens with two attached hydrogens (primary N) is 1. The van der Waals surface area contributed by atoms with Gasteiger partial charge in [0.15, 0.2) is 4.67 Å². The molecule has 0 amide bonds. The zero-order valence-corrected chi connectivity index (χ0v) is 10.9. The summed E-state index contributed by atoms with van der Waals surface area (Å²) in [5, 5.41) is 0. The molecule has 0 spiro atoms. The van der Waals surface area contributed by atoms with Gasteiger partial charge >= 0.3 is 0 Å². The summed E-state index contributed by atoms with van der Waals surface area (Å²) >= 11 is 3.32. The van der Waals surface area contributed by atoms with Crippen molar-refractivity contribution in [2.24, 2.45) is 5.73 Å². The van der Waals surface area contributed by atoms with E-state index in [0.29, 0.717) is 6.54 Å². The summed E-state index contributed by atoms with van der Waals surface area (Å²) in [7, 11) is 0. The number of nitrogens with zero attached hydrogens (tertiary/aromatic N) is 1. The molecule has 1 aromatic rings.